The molecule has 1 rings (SSSR count). The lowest BCUT2D eigenvalue weighted by molar-refractivity contribution is -0.0719. The van der Waals surface area contributed by atoms with Crippen LogP contribution < -0.4 is 0 Å². The summed E-state index contributed by atoms with van der Waals surface area (Å²) in [5.41, 5.74) is -0.129. The fourth-order valence-corrected chi connectivity index (χ4v) is 1.97. The van der Waals surface area contributed by atoms with Crippen molar-refractivity contribution >= 4 is 6.16 Å². The molecule has 1 heterocycles. The Bertz CT molecular complexity index is 347. The molecule has 0 aromatic heterocycles. The van der Waals surface area contributed by atoms with Crippen molar-refractivity contribution in [3.63, 3.8) is 0 Å². The van der Waals surface area contributed by atoms with E-state index in [1.165, 1.54) is 0 Å². The zero-order valence-corrected chi connectivity index (χ0v) is 12.0. The summed E-state index contributed by atoms with van der Waals surface area (Å²) in [5, 5.41) is 0. The van der Waals surface area contributed by atoms with Gasteiger partial charge in [0, 0.05) is 5.57 Å². The molecule has 0 amide bonds. The summed E-state index contributed by atoms with van der Waals surface area (Å²) >= 11 is 0. The van der Waals surface area contributed by atoms with Gasteiger partial charge in [0.2, 0.25) is 0 Å². The SMILES string of the molecule is C=C(C)C1(OC(=O)OC(C)(C)CC(C)(C)C)OO1. The van der Waals surface area contributed by atoms with E-state index in [0.717, 1.165) is 0 Å². The molecule has 18 heavy (non-hydrogen) atoms. The smallest absolute Gasteiger partial charge is 0.428 e. The minimum Gasteiger partial charge on any atom is -0.428 e. The summed E-state index contributed by atoms with van der Waals surface area (Å²) in [4.78, 5) is 20.9. The van der Waals surface area contributed by atoms with E-state index >= 15 is 0 Å². The third-order valence-electron chi connectivity index (χ3n) is 2.29. The lowest BCUT2D eigenvalue weighted by Crippen LogP contribution is -2.35. The van der Waals surface area contributed by atoms with Gasteiger partial charge < -0.3 is 9.47 Å². The number of carbonyl (C=O) groups is 1. The fourth-order valence-electron chi connectivity index (χ4n) is 1.97. The molecule has 1 fully saturated rings. The van der Waals surface area contributed by atoms with Gasteiger partial charge in [0.1, 0.15) is 5.60 Å². The second-order valence-corrected chi connectivity index (χ2v) is 6.45. The molecule has 1 saturated heterocycles. The highest BCUT2D eigenvalue weighted by Gasteiger charge is 2.56. The van der Waals surface area contributed by atoms with Crippen LogP contribution in [0.15, 0.2) is 12.2 Å². The van der Waals surface area contributed by atoms with Crippen LogP contribution in [0.25, 0.3) is 0 Å². The van der Waals surface area contributed by atoms with Crippen molar-refractivity contribution in [2.75, 3.05) is 0 Å². The van der Waals surface area contributed by atoms with Gasteiger partial charge in [-0.25, -0.2) is 4.79 Å². The summed E-state index contributed by atoms with van der Waals surface area (Å²) in [7, 11) is 0. The Kier molecular flexibility index (Phi) is 3.79. The minimum atomic E-state index is -1.45. The van der Waals surface area contributed by atoms with E-state index in [9.17, 15) is 4.79 Å². The van der Waals surface area contributed by atoms with Gasteiger partial charge >= 0.3 is 12.1 Å². The lowest BCUT2D eigenvalue weighted by Gasteiger charge is -2.31. The molecule has 0 aromatic carbocycles. The van der Waals surface area contributed by atoms with Gasteiger partial charge in [-0.2, -0.15) is 0 Å². The largest absolute Gasteiger partial charge is 0.513 e. The summed E-state index contributed by atoms with van der Waals surface area (Å²) < 4.78 is 10.2. The molecule has 1 aliphatic heterocycles. The van der Waals surface area contributed by atoms with Gasteiger partial charge in [0.05, 0.1) is 0 Å². The molecule has 0 saturated carbocycles. The molecule has 0 atom stereocenters. The van der Waals surface area contributed by atoms with Gasteiger partial charge in [0.25, 0.3) is 0 Å². The summed E-state index contributed by atoms with van der Waals surface area (Å²) in [5.74, 6) is -1.45. The number of hydrogen-bond acceptors (Lipinski definition) is 5. The predicted molar refractivity (Wildman–Crippen MR) is 65.4 cm³/mol. The Morgan fingerprint density at radius 3 is 2.06 bits per heavy atom. The molecule has 0 spiro atoms. The highest BCUT2D eigenvalue weighted by Crippen LogP contribution is 2.38. The number of ether oxygens (including phenoxy) is 2. The monoisotopic (exact) mass is 258 g/mol. The van der Waals surface area contributed by atoms with Crippen LogP contribution in [0.4, 0.5) is 4.79 Å². The number of carbonyl (C=O) groups excluding carboxylic acids is 1. The van der Waals surface area contributed by atoms with E-state index < -0.39 is 17.7 Å². The molecule has 0 unspecified atom stereocenters. The van der Waals surface area contributed by atoms with E-state index in [2.05, 4.69) is 37.1 Å². The molecule has 5 nitrogen and oxygen atoms in total. The van der Waals surface area contributed by atoms with E-state index in [1.54, 1.807) is 6.92 Å². The maximum Gasteiger partial charge on any atom is 0.513 e. The fraction of sp³-hybridized carbons (Fsp3) is 0.769. The van der Waals surface area contributed by atoms with Crippen LogP contribution in [0.3, 0.4) is 0 Å². The average molecular weight is 258 g/mol. The Hall–Kier alpha value is -1.07. The van der Waals surface area contributed by atoms with Crippen molar-refractivity contribution in [2.45, 2.75) is 59.5 Å². The Morgan fingerprint density at radius 1 is 1.22 bits per heavy atom. The van der Waals surface area contributed by atoms with Gasteiger partial charge in [-0.05, 0) is 32.6 Å². The van der Waals surface area contributed by atoms with Crippen molar-refractivity contribution in [1.82, 2.24) is 0 Å². The quantitative estimate of drug-likeness (QED) is 0.334. The molecule has 0 radical (unpaired) electrons. The summed E-state index contributed by atoms with van der Waals surface area (Å²) in [6.45, 7) is 15.2. The minimum absolute atomic E-state index is 0.0440. The normalized spacial score (nSPS) is 18.1. The second-order valence-electron chi connectivity index (χ2n) is 6.45. The number of rotatable bonds is 4. The number of hydrogen-bond donors (Lipinski definition) is 0. The third kappa shape index (κ3) is 4.31. The van der Waals surface area contributed by atoms with Gasteiger partial charge in [-0.1, -0.05) is 27.4 Å². The molecule has 0 bridgehead atoms. The molecule has 5 heteroatoms. The first-order valence-corrected chi connectivity index (χ1v) is 5.91. The topological polar surface area (TPSA) is 60.6 Å². The van der Waals surface area contributed by atoms with E-state index in [1.807, 2.05) is 13.8 Å². The zero-order valence-electron chi connectivity index (χ0n) is 12.0. The Morgan fingerprint density at radius 2 is 1.72 bits per heavy atom. The summed E-state index contributed by atoms with van der Waals surface area (Å²) in [6, 6.07) is 0. The van der Waals surface area contributed by atoms with Crippen molar-refractivity contribution in [2.24, 2.45) is 5.41 Å². The Balaban J connectivity index is 2.52. The van der Waals surface area contributed by atoms with Gasteiger partial charge in [-0.3, -0.25) is 0 Å². The third-order valence-corrected chi connectivity index (χ3v) is 2.29. The molecular formula is C13H22O5. The van der Waals surface area contributed by atoms with Crippen LogP contribution >= 0.6 is 0 Å². The van der Waals surface area contributed by atoms with Gasteiger partial charge in [0.15, 0.2) is 0 Å². The zero-order chi connectivity index (χ0) is 14.2. The van der Waals surface area contributed by atoms with Crippen LogP contribution in [-0.2, 0) is 19.2 Å². The highest BCUT2D eigenvalue weighted by molar-refractivity contribution is 5.61. The van der Waals surface area contributed by atoms with Crippen LogP contribution in [-0.4, -0.2) is 17.7 Å². The van der Waals surface area contributed by atoms with E-state index in [4.69, 9.17) is 9.47 Å². The summed E-state index contributed by atoms with van der Waals surface area (Å²) in [6.07, 6.45) is -0.124. The van der Waals surface area contributed by atoms with Crippen LogP contribution in [0.5, 0.6) is 0 Å². The van der Waals surface area contributed by atoms with Crippen molar-refractivity contribution < 1.29 is 24.0 Å². The maximum atomic E-state index is 11.7. The molecule has 0 aromatic rings. The van der Waals surface area contributed by atoms with Crippen LogP contribution in [0.2, 0.25) is 0 Å². The molecule has 104 valence electrons. The molecule has 0 aliphatic carbocycles. The van der Waals surface area contributed by atoms with Gasteiger partial charge in [-0.15, -0.1) is 9.78 Å². The van der Waals surface area contributed by atoms with Crippen molar-refractivity contribution in [3.05, 3.63) is 12.2 Å². The first kappa shape index (κ1) is 15.0. The van der Waals surface area contributed by atoms with Crippen molar-refractivity contribution in [1.29, 1.82) is 0 Å². The maximum absolute atomic E-state index is 11.7. The Labute approximate surface area is 108 Å². The molecular weight excluding hydrogens is 236 g/mol. The molecule has 1 aliphatic rings. The van der Waals surface area contributed by atoms with E-state index in [0.29, 0.717) is 12.0 Å². The lowest BCUT2D eigenvalue weighted by atomic mass is 9.84. The first-order chi connectivity index (χ1) is 7.96. The van der Waals surface area contributed by atoms with E-state index in [-0.39, 0.29) is 5.41 Å². The predicted octanol–water partition coefficient (Wildman–Crippen LogP) is 3.55. The first-order valence-electron chi connectivity index (χ1n) is 5.91. The molecule has 0 N–H and O–H groups in total. The standard InChI is InChI=1S/C13H22O5/c1-9(2)13(17-18-13)16-10(14)15-12(6,7)8-11(3,4)5/h1,8H2,2-7H3. The van der Waals surface area contributed by atoms with Crippen molar-refractivity contribution in [3.8, 4) is 0 Å². The highest BCUT2D eigenvalue weighted by atomic mass is 17.5. The van der Waals surface area contributed by atoms with Crippen LogP contribution in [0.1, 0.15) is 48.0 Å². The second kappa shape index (κ2) is 4.55. The van der Waals surface area contributed by atoms with Crippen LogP contribution in [0, 0.1) is 5.41 Å². The average Bonchev–Trinajstić information content (AvgIpc) is 2.78.